The van der Waals surface area contributed by atoms with Crippen LogP contribution in [-0.2, 0) is 4.74 Å². The van der Waals surface area contributed by atoms with Crippen LogP contribution in [0.5, 0.6) is 0 Å². The van der Waals surface area contributed by atoms with Gasteiger partial charge in [0.25, 0.3) is 5.91 Å². The maximum Gasteiger partial charge on any atom is 0.273 e. The van der Waals surface area contributed by atoms with Crippen molar-refractivity contribution in [2.24, 2.45) is 0 Å². The second-order valence-corrected chi connectivity index (χ2v) is 4.76. The molecule has 1 aliphatic rings. The van der Waals surface area contributed by atoms with Crippen LogP contribution in [0.3, 0.4) is 0 Å². The van der Waals surface area contributed by atoms with Crippen molar-refractivity contribution in [1.82, 2.24) is 20.7 Å². The third kappa shape index (κ3) is 2.69. The molecule has 0 spiro atoms. The number of amides is 1. The molecule has 2 N–H and O–H groups in total. The molecule has 0 aromatic carbocycles. The number of carbonyl (C=O) groups is 1. The number of hydrogen-bond donors (Lipinski definition) is 2. The average molecular weight is 252 g/mol. The van der Waals surface area contributed by atoms with E-state index in [1.54, 1.807) is 0 Å². The van der Waals surface area contributed by atoms with Crippen molar-refractivity contribution in [3.63, 3.8) is 0 Å². The Balaban J connectivity index is 1.96. The molecule has 100 valence electrons. The molecule has 0 saturated carbocycles. The van der Waals surface area contributed by atoms with E-state index in [0.29, 0.717) is 12.3 Å². The highest BCUT2D eigenvalue weighted by Crippen LogP contribution is 2.31. The largest absolute Gasteiger partial charge is 0.375 e. The van der Waals surface area contributed by atoms with Crippen molar-refractivity contribution < 1.29 is 9.53 Å². The summed E-state index contributed by atoms with van der Waals surface area (Å²) in [6.07, 6.45) is 5.09. The molecule has 0 bridgehead atoms. The molecule has 18 heavy (non-hydrogen) atoms. The van der Waals surface area contributed by atoms with E-state index in [0.717, 1.165) is 25.7 Å². The van der Waals surface area contributed by atoms with E-state index in [4.69, 9.17) is 4.74 Å². The summed E-state index contributed by atoms with van der Waals surface area (Å²) < 4.78 is 5.88. The Bertz CT molecular complexity index is 387. The molecule has 1 saturated heterocycles. The topological polar surface area (TPSA) is 79.9 Å². The molecule has 1 unspecified atom stereocenters. The number of aromatic nitrogens is 3. The van der Waals surface area contributed by atoms with Gasteiger partial charge in [-0.25, -0.2) is 0 Å². The van der Waals surface area contributed by atoms with Gasteiger partial charge in [0.1, 0.15) is 0 Å². The van der Waals surface area contributed by atoms with E-state index < -0.39 is 0 Å². The summed E-state index contributed by atoms with van der Waals surface area (Å²) in [7, 11) is 0. The first-order chi connectivity index (χ1) is 8.69. The Morgan fingerprint density at radius 3 is 3.00 bits per heavy atom. The molecule has 2 heterocycles. The maximum atomic E-state index is 11.9. The zero-order valence-electron chi connectivity index (χ0n) is 10.9. The lowest BCUT2D eigenvalue weighted by molar-refractivity contribution is -0.0917. The number of carbonyl (C=O) groups excluding carboxylic acids is 1. The zero-order valence-corrected chi connectivity index (χ0v) is 10.9. The number of nitrogens with one attached hydrogen (secondary N) is 2. The third-order valence-corrected chi connectivity index (χ3v) is 3.76. The Kier molecular flexibility index (Phi) is 3.96. The average Bonchev–Trinajstić information content (AvgIpc) is 2.93. The lowest BCUT2D eigenvalue weighted by Gasteiger charge is -2.40. The van der Waals surface area contributed by atoms with Crippen LogP contribution < -0.4 is 5.32 Å². The molecule has 2 rings (SSSR count). The van der Waals surface area contributed by atoms with Crippen molar-refractivity contribution in [2.45, 2.75) is 51.2 Å². The van der Waals surface area contributed by atoms with Gasteiger partial charge in [-0.15, -0.1) is 0 Å². The molecule has 6 heteroatoms. The molecule has 1 atom stereocenters. The van der Waals surface area contributed by atoms with Gasteiger partial charge in [-0.2, -0.15) is 15.4 Å². The lowest BCUT2D eigenvalue weighted by atomic mass is 9.86. The van der Waals surface area contributed by atoms with Crippen LogP contribution in [-0.4, -0.2) is 39.6 Å². The Labute approximate surface area is 106 Å². The first kappa shape index (κ1) is 13.0. The Hall–Kier alpha value is -1.43. The van der Waals surface area contributed by atoms with Gasteiger partial charge in [-0.3, -0.25) is 4.79 Å². The van der Waals surface area contributed by atoms with Crippen molar-refractivity contribution in [3.8, 4) is 0 Å². The number of hydrogen-bond acceptors (Lipinski definition) is 4. The van der Waals surface area contributed by atoms with E-state index in [-0.39, 0.29) is 17.6 Å². The normalized spacial score (nSPS) is 22.7. The van der Waals surface area contributed by atoms with E-state index in [1.807, 2.05) is 0 Å². The molecule has 1 fully saturated rings. The highest BCUT2D eigenvalue weighted by molar-refractivity contribution is 5.92. The number of rotatable bonds is 4. The monoisotopic (exact) mass is 252 g/mol. The van der Waals surface area contributed by atoms with Crippen molar-refractivity contribution in [1.29, 1.82) is 0 Å². The fraction of sp³-hybridized carbons (Fsp3) is 0.750. The van der Waals surface area contributed by atoms with Gasteiger partial charge < -0.3 is 10.1 Å². The molecular formula is C12H20N4O2. The zero-order chi connectivity index (χ0) is 13.0. The summed E-state index contributed by atoms with van der Waals surface area (Å²) in [6, 6.07) is 0.155. The number of nitrogens with zero attached hydrogens (tertiary/aromatic N) is 2. The van der Waals surface area contributed by atoms with Crippen LogP contribution in [0, 0.1) is 0 Å². The summed E-state index contributed by atoms with van der Waals surface area (Å²) in [5.41, 5.74) is 0.250. The molecule has 0 radical (unpaired) electrons. The first-order valence-corrected chi connectivity index (χ1v) is 6.49. The quantitative estimate of drug-likeness (QED) is 0.845. The van der Waals surface area contributed by atoms with Gasteiger partial charge in [0.2, 0.25) is 0 Å². The minimum atomic E-state index is -0.170. The number of aromatic amines is 1. The van der Waals surface area contributed by atoms with Gasteiger partial charge in [-0.1, -0.05) is 13.8 Å². The van der Waals surface area contributed by atoms with Crippen molar-refractivity contribution in [3.05, 3.63) is 11.9 Å². The second-order valence-electron chi connectivity index (χ2n) is 4.76. The van der Waals surface area contributed by atoms with E-state index >= 15 is 0 Å². The summed E-state index contributed by atoms with van der Waals surface area (Å²) >= 11 is 0. The fourth-order valence-electron chi connectivity index (χ4n) is 2.46. The van der Waals surface area contributed by atoms with E-state index in [1.165, 1.54) is 6.20 Å². The Morgan fingerprint density at radius 2 is 2.39 bits per heavy atom. The molecule has 1 aromatic heterocycles. The van der Waals surface area contributed by atoms with Crippen LogP contribution in [0.25, 0.3) is 0 Å². The van der Waals surface area contributed by atoms with Gasteiger partial charge in [0, 0.05) is 12.6 Å². The second kappa shape index (κ2) is 5.48. The highest BCUT2D eigenvalue weighted by atomic mass is 16.5. The van der Waals surface area contributed by atoms with Gasteiger partial charge in [0.15, 0.2) is 5.69 Å². The van der Waals surface area contributed by atoms with E-state index in [9.17, 15) is 4.79 Å². The van der Waals surface area contributed by atoms with Crippen LogP contribution in [0.1, 0.15) is 50.0 Å². The Morgan fingerprint density at radius 1 is 1.61 bits per heavy atom. The third-order valence-electron chi connectivity index (χ3n) is 3.76. The molecule has 1 aliphatic heterocycles. The van der Waals surface area contributed by atoms with Crippen LogP contribution in [0.2, 0.25) is 0 Å². The number of H-pyrrole nitrogens is 1. The van der Waals surface area contributed by atoms with Gasteiger partial charge >= 0.3 is 0 Å². The van der Waals surface area contributed by atoms with Crippen LogP contribution >= 0.6 is 0 Å². The fourth-order valence-corrected chi connectivity index (χ4v) is 2.46. The van der Waals surface area contributed by atoms with Gasteiger partial charge in [-0.05, 0) is 25.7 Å². The van der Waals surface area contributed by atoms with Crippen molar-refractivity contribution in [2.75, 3.05) is 6.61 Å². The highest BCUT2D eigenvalue weighted by Gasteiger charge is 2.35. The number of ether oxygens (including phenoxy) is 1. The molecule has 1 amide bonds. The summed E-state index contributed by atoms with van der Waals surface area (Å²) in [6.45, 7) is 4.96. The molecule has 1 aromatic rings. The van der Waals surface area contributed by atoms with E-state index in [2.05, 4.69) is 34.6 Å². The maximum absolute atomic E-state index is 11.9. The SMILES string of the molecule is CCC1(CC)CC(NC(=O)c2cn[nH]n2)CCO1. The molecule has 0 aliphatic carbocycles. The summed E-state index contributed by atoms with van der Waals surface area (Å²) in [5.74, 6) is -0.170. The van der Waals surface area contributed by atoms with Gasteiger partial charge in [0.05, 0.1) is 11.8 Å². The molecular weight excluding hydrogens is 232 g/mol. The summed E-state index contributed by atoms with van der Waals surface area (Å²) in [5, 5.41) is 12.9. The predicted octanol–water partition coefficient (Wildman–Crippen LogP) is 1.27. The summed E-state index contributed by atoms with van der Waals surface area (Å²) in [4.78, 5) is 11.9. The first-order valence-electron chi connectivity index (χ1n) is 6.49. The predicted molar refractivity (Wildman–Crippen MR) is 66.1 cm³/mol. The smallest absolute Gasteiger partial charge is 0.273 e. The van der Waals surface area contributed by atoms with Crippen molar-refractivity contribution >= 4 is 5.91 Å². The minimum absolute atomic E-state index is 0.0833. The standard InChI is InChI=1S/C12H20N4O2/c1-3-12(4-2)7-9(5-6-18-12)14-11(17)10-8-13-16-15-10/h8-9H,3-7H2,1-2H3,(H,14,17)(H,13,15,16). The van der Waals surface area contributed by atoms with Crippen LogP contribution in [0.15, 0.2) is 6.20 Å². The molecule has 6 nitrogen and oxygen atoms in total. The lowest BCUT2D eigenvalue weighted by Crippen LogP contribution is -2.48. The minimum Gasteiger partial charge on any atom is -0.375 e. The van der Waals surface area contributed by atoms with Crippen LogP contribution in [0.4, 0.5) is 0 Å².